The van der Waals surface area contributed by atoms with Crippen LogP contribution in [0, 0.1) is 0 Å². The number of hydrogen-bond acceptors (Lipinski definition) is 2. The third kappa shape index (κ3) is 1.59. The van der Waals surface area contributed by atoms with Crippen molar-refractivity contribution in [3.8, 4) is 5.75 Å². The Bertz CT molecular complexity index is 416. The number of fused-ring (bicyclic) bond motifs is 2. The summed E-state index contributed by atoms with van der Waals surface area (Å²) in [6, 6.07) is 6.09. The maximum atomic E-state index is 5.94. The topological polar surface area (TPSA) is 21.3 Å². The zero-order valence-corrected chi connectivity index (χ0v) is 9.00. The maximum Gasteiger partial charge on any atom is 0.143 e. The molecule has 1 aromatic rings. The molecule has 3 rings (SSSR count). The summed E-state index contributed by atoms with van der Waals surface area (Å²) >= 11 is 5.94. The minimum Gasteiger partial charge on any atom is -0.482 e. The van der Waals surface area contributed by atoms with Gasteiger partial charge in [0.2, 0.25) is 0 Å². The fourth-order valence-corrected chi connectivity index (χ4v) is 2.32. The smallest absolute Gasteiger partial charge is 0.143 e. The predicted octanol–water partition coefficient (Wildman–Crippen LogP) is 3.23. The van der Waals surface area contributed by atoms with Crippen molar-refractivity contribution < 1.29 is 4.74 Å². The normalized spacial score (nSPS) is 27.3. The summed E-state index contributed by atoms with van der Waals surface area (Å²) < 4.78 is 5.88. The van der Waals surface area contributed by atoms with E-state index in [-0.39, 0.29) is 6.10 Å². The summed E-state index contributed by atoms with van der Waals surface area (Å²) in [7, 11) is 0. The molecule has 0 radical (unpaired) electrons. The fourth-order valence-electron chi connectivity index (χ4n) is 2.14. The standard InChI is InChI=1S/C12H12ClNO/c13-8-5-6-12-10(7-8)14-9-3-1-2-4-11(9)15-12/h2,4-7,9,11,14H,1,3H2. The zero-order valence-electron chi connectivity index (χ0n) is 8.24. The van der Waals surface area contributed by atoms with E-state index in [4.69, 9.17) is 16.3 Å². The van der Waals surface area contributed by atoms with Gasteiger partial charge >= 0.3 is 0 Å². The van der Waals surface area contributed by atoms with Crippen LogP contribution in [0.25, 0.3) is 0 Å². The highest BCUT2D eigenvalue weighted by molar-refractivity contribution is 6.30. The van der Waals surface area contributed by atoms with Crippen LogP contribution in [-0.2, 0) is 0 Å². The van der Waals surface area contributed by atoms with E-state index in [1.807, 2.05) is 18.2 Å². The number of nitrogens with one attached hydrogen (secondary N) is 1. The zero-order chi connectivity index (χ0) is 10.3. The van der Waals surface area contributed by atoms with Crippen LogP contribution in [-0.4, -0.2) is 12.1 Å². The van der Waals surface area contributed by atoms with Crippen molar-refractivity contribution in [1.29, 1.82) is 0 Å². The Kier molecular flexibility index (Phi) is 2.10. The molecule has 0 spiro atoms. The maximum absolute atomic E-state index is 5.94. The lowest BCUT2D eigenvalue weighted by Crippen LogP contribution is -2.41. The molecule has 15 heavy (non-hydrogen) atoms. The minimum atomic E-state index is 0.174. The van der Waals surface area contributed by atoms with Crippen LogP contribution in [0.5, 0.6) is 5.75 Å². The summed E-state index contributed by atoms with van der Waals surface area (Å²) in [6.07, 6.45) is 6.73. The highest BCUT2D eigenvalue weighted by atomic mass is 35.5. The molecule has 1 heterocycles. The number of ether oxygens (including phenoxy) is 1. The number of benzene rings is 1. The summed E-state index contributed by atoms with van der Waals surface area (Å²) in [5.74, 6) is 0.896. The first-order chi connectivity index (χ1) is 7.33. The van der Waals surface area contributed by atoms with Gasteiger partial charge in [-0.1, -0.05) is 17.7 Å². The molecule has 1 aromatic carbocycles. The Balaban J connectivity index is 1.97. The van der Waals surface area contributed by atoms with E-state index in [0.717, 1.165) is 29.3 Å². The second kappa shape index (κ2) is 3.46. The quantitative estimate of drug-likeness (QED) is 0.680. The van der Waals surface area contributed by atoms with Crippen LogP contribution in [0.1, 0.15) is 12.8 Å². The molecule has 0 amide bonds. The van der Waals surface area contributed by atoms with Gasteiger partial charge in [0.15, 0.2) is 0 Å². The molecule has 2 aliphatic rings. The highest BCUT2D eigenvalue weighted by Crippen LogP contribution is 2.35. The largest absolute Gasteiger partial charge is 0.482 e. The van der Waals surface area contributed by atoms with E-state index in [9.17, 15) is 0 Å². The summed E-state index contributed by atoms with van der Waals surface area (Å²) in [4.78, 5) is 0. The third-order valence-corrected chi connectivity index (χ3v) is 3.15. The number of allylic oxidation sites excluding steroid dienone is 1. The fraction of sp³-hybridized carbons (Fsp3) is 0.333. The Hall–Kier alpha value is -1.15. The second-order valence-electron chi connectivity index (χ2n) is 3.98. The van der Waals surface area contributed by atoms with E-state index < -0.39 is 0 Å². The number of hydrogen-bond donors (Lipinski definition) is 1. The molecule has 2 atom stereocenters. The van der Waals surface area contributed by atoms with E-state index in [2.05, 4.69) is 17.5 Å². The average Bonchev–Trinajstić information content (AvgIpc) is 2.26. The lowest BCUT2D eigenvalue weighted by molar-refractivity contribution is 0.203. The summed E-state index contributed by atoms with van der Waals surface area (Å²) in [6.45, 7) is 0. The molecule has 1 aliphatic carbocycles. The van der Waals surface area contributed by atoms with Gasteiger partial charge in [0.1, 0.15) is 11.9 Å². The molecule has 0 bridgehead atoms. The molecular weight excluding hydrogens is 210 g/mol. The van der Waals surface area contributed by atoms with Crippen molar-refractivity contribution in [2.45, 2.75) is 25.0 Å². The van der Waals surface area contributed by atoms with Crippen molar-refractivity contribution in [3.05, 3.63) is 35.4 Å². The van der Waals surface area contributed by atoms with Crippen molar-refractivity contribution >= 4 is 17.3 Å². The van der Waals surface area contributed by atoms with Crippen LogP contribution in [0.4, 0.5) is 5.69 Å². The van der Waals surface area contributed by atoms with Gasteiger partial charge in [-0.15, -0.1) is 0 Å². The van der Waals surface area contributed by atoms with Gasteiger partial charge in [-0.05, 0) is 37.1 Å². The molecule has 3 heteroatoms. The van der Waals surface area contributed by atoms with Crippen molar-refractivity contribution in [2.24, 2.45) is 0 Å². The van der Waals surface area contributed by atoms with Crippen molar-refractivity contribution in [3.63, 3.8) is 0 Å². The number of halogens is 1. The molecular formula is C12H12ClNO. The lowest BCUT2D eigenvalue weighted by Gasteiger charge is -2.35. The second-order valence-corrected chi connectivity index (χ2v) is 4.42. The van der Waals surface area contributed by atoms with Gasteiger partial charge in [0.25, 0.3) is 0 Å². The third-order valence-electron chi connectivity index (χ3n) is 2.91. The van der Waals surface area contributed by atoms with Gasteiger partial charge in [-0.3, -0.25) is 0 Å². The molecule has 1 N–H and O–H groups in total. The van der Waals surface area contributed by atoms with Crippen LogP contribution in [0.15, 0.2) is 30.4 Å². The highest BCUT2D eigenvalue weighted by Gasteiger charge is 2.28. The van der Waals surface area contributed by atoms with E-state index in [1.54, 1.807) is 0 Å². The Morgan fingerprint density at radius 3 is 3.27 bits per heavy atom. The van der Waals surface area contributed by atoms with Gasteiger partial charge < -0.3 is 10.1 Å². The van der Waals surface area contributed by atoms with E-state index in [0.29, 0.717) is 6.04 Å². The minimum absolute atomic E-state index is 0.174. The first-order valence-electron chi connectivity index (χ1n) is 5.22. The Morgan fingerprint density at radius 1 is 1.40 bits per heavy atom. The van der Waals surface area contributed by atoms with E-state index >= 15 is 0 Å². The average molecular weight is 222 g/mol. The molecule has 0 aromatic heterocycles. The summed E-state index contributed by atoms with van der Waals surface area (Å²) in [5, 5.41) is 4.22. The monoisotopic (exact) mass is 221 g/mol. The van der Waals surface area contributed by atoms with Crippen molar-refractivity contribution in [2.75, 3.05) is 5.32 Å². The molecule has 1 aliphatic heterocycles. The van der Waals surface area contributed by atoms with Crippen LogP contribution >= 0.6 is 11.6 Å². The Morgan fingerprint density at radius 2 is 2.33 bits per heavy atom. The van der Waals surface area contributed by atoms with Crippen LogP contribution in [0.2, 0.25) is 5.02 Å². The molecule has 0 fully saturated rings. The van der Waals surface area contributed by atoms with Gasteiger partial charge in [0.05, 0.1) is 11.7 Å². The lowest BCUT2D eigenvalue weighted by atomic mass is 9.97. The molecule has 78 valence electrons. The van der Waals surface area contributed by atoms with Gasteiger partial charge in [-0.2, -0.15) is 0 Å². The van der Waals surface area contributed by atoms with Crippen molar-refractivity contribution in [1.82, 2.24) is 0 Å². The Labute approximate surface area is 93.9 Å². The predicted molar refractivity (Wildman–Crippen MR) is 61.7 cm³/mol. The molecule has 0 saturated heterocycles. The molecule has 2 unspecified atom stereocenters. The number of rotatable bonds is 0. The van der Waals surface area contributed by atoms with Crippen LogP contribution < -0.4 is 10.1 Å². The van der Waals surface area contributed by atoms with Gasteiger partial charge in [0, 0.05) is 5.02 Å². The SMILES string of the molecule is Clc1ccc2c(c1)NC1CCC=CC1O2. The number of anilines is 1. The first-order valence-corrected chi connectivity index (χ1v) is 5.60. The van der Waals surface area contributed by atoms with E-state index in [1.165, 1.54) is 0 Å². The molecule has 0 saturated carbocycles. The molecule has 2 nitrogen and oxygen atoms in total. The van der Waals surface area contributed by atoms with Crippen LogP contribution in [0.3, 0.4) is 0 Å². The van der Waals surface area contributed by atoms with Gasteiger partial charge in [-0.25, -0.2) is 0 Å². The summed E-state index contributed by atoms with van der Waals surface area (Å²) in [5.41, 5.74) is 1.01. The first kappa shape index (κ1) is 9.10.